The smallest absolute Gasteiger partial charge is 0.257 e. The fourth-order valence-electron chi connectivity index (χ4n) is 1.92. The van der Waals surface area contributed by atoms with Gasteiger partial charge in [-0.2, -0.15) is 0 Å². The maximum atomic E-state index is 12.3. The minimum Gasteiger partial charge on any atom is -0.398 e. The standard InChI is InChI=1S/C15H14Cl2N2O/c1-8-6-7-12(18)9(2)14(8)19-15(20)10-4-3-5-11(16)13(10)17/h3-7H,18H2,1-2H3,(H,19,20). The van der Waals surface area contributed by atoms with E-state index in [1.165, 1.54) is 0 Å². The molecular formula is C15H14Cl2N2O. The quantitative estimate of drug-likeness (QED) is 0.806. The number of carbonyl (C=O) groups is 1. The van der Waals surface area contributed by atoms with Crippen LogP contribution in [0.5, 0.6) is 0 Å². The van der Waals surface area contributed by atoms with Crippen molar-refractivity contribution < 1.29 is 4.79 Å². The highest BCUT2D eigenvalue weighted by molar-refractivity contribution is 6.44. The Bertz CT molecular complexity index is 684. The van der Waals surface area contributed by atoms with E-state index in [1.807, 2.05) is 26.0 Å². The highest BCUT2D eigenvalue weighted by Gasteiger charge is 2.15. The lowest BCUT2D eigenvalue weighted by molar-refractivity contribution is 0.102. The van der Waals surface area contributed by atoms with Crippen LogP contribution in [0.15, 0.2) is 30.3 Å². The molecule has 0 aliphatic carbocycles. The molecule has 0 saturated carbocycles. The first-order valence-electron chi connectivity index (χ1n) is 6.03. The van der Waals surface area contributed by atoms with E-state index in [-0.39, 0.29) is 10.9 Å². The first-order valence-corrected chi connectivity index (χ1v) is 6.78. The third-order valence-corrected chi connectivity index (χ3v) is 3.97. The van der Waals surface area contributed by atoms with Gasteiger partial charge >= 0.3 is 0 Å². The van der Waals surface area contributed by atoms with Gasteiger partial charge in [-0.05, 0) is 43.2 Å². The van der Waals surface area contributed by atoms with Crippen LogP contribution in [0, 0.1) is 13.8 Å². The number of amides is 1. The summed E-state index contributed by atoms with van der Waals surface area (Å²) in [6, 6.07) is 8.62. The number of benzene rings is 2. The lowest BCUT2D eigenvalue weighted by Gasteiger charge is -2.14. The van der Waals surface area contributed by atoms with E-state index >= 15 is 0 Å². The first-order chi connectivity index (χ1) is 9.41. The maximum Gasteiger partial charge on any atom is 0.257 e. The second-order valence-corrected chi connectivity index (χ2v) is 5.31. The summed E-state index contributed by atoms with van der Waals surface area (Å²) >= 11 is 12.0. The van der Waals surface area contributed by atoms with E-state index in [0.717, 1.165) is 11.1 Å². The van der Waals surface area contributed by atoms with E-state index in [9.17, 15) is 4.79 Å². The van der Waals surface area contributed by atoms with Gasteiger partial charge in [0.25, 0.3) is 5.91 Å². The Morgan fingerprint density at radius 1 is 1.15 bits per heavy atom. The van der Waals surface area contributed by atoms with Crippen molar-refractivity contribution in [1.29, 1.82) is 0 Å². The number of halogens is 2. The van der Waals surface area contributed by atoms with E-state index < -0.39 is 0 Å². The van der Waals surface area contributed by atoms with Gasteiger partial charge < -0.3 is 11.1 Å². The van der Waals surface area contributed by atoms with Gasteiger partial charge in [-0.3, -0.25) is 4.79 Å². The Morgan fingerprint density at radius 3 is 2.55 bits per heavy atom. The van der Waals surface area contributed by atoms with Gasteiger partial charge in [0.1, 0.15) is 0 Å². The van der Waals surface area contributed by atoms with Gasteiger partial charge in [0.15, 0.2) is 0 Å². The van der Waals surface area contributed by atoms with Crippen LogP contribution >= 0.6 is 23.2 Å². The summed E-state index contributed by atoms with van der Waals surface area (Å²) in [6.07, 6.45) is 0. The second kappa shape index (κ2) is 5.73. The molecule has 0 bridgehead atoms. The molecule has 0 saturated heterocycles. The zero-order valence-corrected chi connectivity index (χ0v) is 12.6. The van der Waals surface area contributed by atoms with Crippen LogP contribution in [0.4, 0.5) is 11.4 Å². The van der Waals surface area contributed by atoms with Crippen molar-refractivity contribution in [3.8, 4) is 0 Å². The molecule has 1 amide bonds. The lowest BCUT2D eigenvalue weighted by atomic mass is 10.1. The number of rotatable bonds is 2. The highest BCUT2D eigenvalue weighted by atomic mass is 35.5. The van der Waals surface area contributed by atoms with Crippen LogP contribution < -0.4 is 11.1 Å². The fraction of sp³-hybridized carbons (Fsp3) is 0.133. The van der Waals surface area contributed by atoms with Gasteiger partial charge in [0.2, 0.25) is 0 Å². The Kier molecular flexibility index (Phi) is 4.21. The van der Waals surface area contributed by atoms with Gasteiger partial charge in [0.05, 0.1) is 15.6 Å². The molecule has 2 aromatic rings. The van der Waals surface area contributed by atoms with Crippen LogP contribution in [0.3, 0.4) is 0 Å². The normalized spacial score (nSPS) is 10.4. The summed E-state index contributed by atoms with van der Waals surface area (Å²) in [5, 5.41) is 3.43. The lowest BCUT2D eigenvalue weighted by Crippen LogP contribution is -2.15. The van der Waals surface area contributed by atoms with Crippen LogP contribution in [0.25, 0.3) is 0 Å². The molecule has 3 N–H and O–H groups in total. The van der Waals surface area contributed by atoms with Gasteiger partial charge in [-0.1, -0.05) is 35.3 Å². The minimum absolute atomic E-state index is 0.242. The summed E-state index contributed by atoms with van der Waals surface area (Å²) < 4.78 is 0. The molecule has 3 nitrogen and oxygen atoms in total. The molecule has 0 radical (unpaired) electrons. The summed E-state index contributed by atoms with van der Waals surface area (Å²) in [6.45, 7) is 3.76. The van der Waals surface area contributed by atoms with Crippen LogP contribution in [-0.4, -0.2) is 5.91 Å². The van der Waals surface area contributed by atoms with Crippen LogP contribution in [0.1, 0.15) is 21.5 Å². The molecule has 0 aromatic heterocycles. The molecule has 0 heterocycles. The van der Waals surface area contributed by atoms with Crippen molar-refractivity contribution >= 4 is 40.5 Å². The Labute approximate surface area is 127 Å². The number of nitrogens with one attached hydrogen (secondary N) is 1. The van der Waals surface area contributed by atoms with E-state index in [1.54, 1.807) is 18.2 Å². The van der Waals surface area contributed by atoms with Crippen molar-refractivity contribution in [2.24, 2.45) is 0 Å². The van der Waals surface area contributed by atoms with Crippen molar-refractivity contribution in [3.63, 3.8) is 0 Å². The Hall–Kier alpha value is -1.71. The van der Waals surface area contributed by atoms with Crippen LogP contribution in [-0.2, 0) is 0 Å². The molecule has 0 atom stereocenters. The summed E-state index contributed by atoms with van der Waals surface area (Å²) in [5.41, 5.74) is 9.28. The Morgan fingerprint density at radius 2 is 1.85 bits per heavy atom. The summed E-state index contributed by atoms with van der Waals surface area (Å²) in [4.78, 5) is 12.3. The van der Waals surface area contributed by atoms with E-state index in [4.69, 9.17) is 28.9 Å². The molecule has 5 heteroatoms. The van der Waals surface area contributed by atoms with Gasteiger partial charge in [0, 0.05) is 11.4 Å². The highest BCUT2D eigenvalue weighted by Crippen LogP contribution is 2.29. The average Bonchev–Trinajstić information content (AvgIpc) is 2.42. The molecule has 104 valence electrons. The monoisotopic (exact) mass is 308 g/mol. The molecule has 2 aromatic carbocycles. The minimum atomic E-state index is -0.311. The molecule has 0 spiro atoms. The third-order valence-electron chi connectivity index (χ3n) is 3.15. The fourth-order valence-corrected chi connectivity index (χ4v) is 2.30. The first kappa shape index (κ1) is 14.7. The van der Waals surface area contributed by atoms with Crippen molar-refractivity contribution in [2.75, 3.05) is 11.1 Å². The second-order valence-electron chi connectivity index (χ2n) is 4.53. The SMILES string of the molecule is Cc1ccc(N)c(C)c1NC(=O)c1cccc(Cl)c1Cl. The summed E-state index contributed by atoms with van der Waals surface area (Å²) in [7, 11) is 0. The van der Waals surface area contributed by atoms with Crippen LogP contribution in [0.2, 0.25) is 10.0 Å². The molecule has 0 unspecified atom stereocenters. The number of hydrogen-bond donors (Lipinski definition) is 2. The molecule has 2 rings (SSSR count). The molecule has 20 heavy (non-hydrogen) atoms. The van der Waals surface area contributed by atoms with E-state index in [2.05, 4.69) is 5.32 Å². The molecule has 0 aliphatic heterocycles. The van der Waals surface area contributed by atoms with Crippen molar-refractivity contribution in [2.45, 2.75) is 13.8 Å². The molecular weight excluding hydrogens is 295 g/mol. The zero-order valence-electron chi connectivity index (χ0n) is 11.1. The number of anilines is 2. The molecule has 0 aliphatic rings. The van der Waals surface area contributed by atoms with Crippen molar-refractivity contribution in [3.05, 3.63) is 57.1 Å². The Balaban J connectivity index is 2.38. The zero-order chi connectivity index (χ0) is 14.9. The number of aryl methyl sites for hydroxylation is 1. The third kappa shape index (κ3) is 2.74. The number of carbonyl (C=O) groups excluding carboxylic acids is 1. The van der Waals surface area contributed by atoms with E-state index in [0.29, 0.717) is 22.0 Å². The predicted octanol–water partition coefficient (Wildman–Crippen LogP) is 4.44. The predicted molar refractivity (Wildman–Crippen MR) is 84.7 cm³/mol. The topological polar surface area (TPSA) is 55.1 Å². The largest absolute Gasteiger partial charge is 0.398 e. The van der Waals surface area contributed by atoms with Gasteiger partial charge in [-0.25, -0.2) is 0 Å². The maximum absolute atomic E-state index is 12.3. The summed E-state index contributed by atoms with van der Waals surface area (Å²) in [5.74, 6) is -0.311. The van der Waals surface area contributed by atoms with Gasteiger partial charge in [-0.15, -0.1) is 0 Å². The average molecular weight is 309 g/mol. The number of nitrogen functional groups attached to an aromatic ring is 1. The number of nitrogens with two attached hydrogens (primary N) is 1. The van der Waals surface area contributed by atoms with Crippen molar-refractivity contribution in [1.82, 2.24) is 0 Å². The molecule has 0 fully saturated rings. The number of hydrogen-bond acceptors (Lipinski definition) is 2.